The average molecular weight is 206 g/mol. The molecule has 1 aromatic heterocycles. The predicted octanol–water partition coefficient (Wildman–Crippen LogP) is 1.38. The molecule has 0 saturated heterocycles. The van der Waals surface area contributed by atoms with Crippen LogP contribution in [0.2, 0.25) is 0 Å². The zero-order valence-electron chi connectivity index (χ0n) is 8.88. The van der Waals surface area contributed by atoms with Crippen molar-refractivity contribution in [2.45, 2.75) is 12.7 Å². The molecule has 0 bridgehead atoms. The summed E-state index contributed by atoms with van der Waals surface area (Å²) in [6.45, 7) is 0. The van der Waals surface area contributed by atoms with E-state index < -0.39 is 6.29 Å². The van der Waals surface area contributed by atoms with Gasteiger partial charge in [-0.05, 0) is 24.1 Å². The number of nitriles is 1. The summed E-state index contributed by atoms with van der Waals surface area (Å²) in [6.07, 6.45) is 3.53. The van der Waals surface area contributed by atoms with Crippen LogP contribution in [0.4, 0.5) is 0 Å². The maximum Gasteiger partial charge on any atom is 0.172 e. The first-order chi connectivity index (χ1) is 7.31. The lowest BCUT2D eigenvalue weighted by Gasteiger charge is -2.18. The SMILES string of the molecule is COC(OC)C(C#N)Cc1ccncc1. The van der Waals surface area contributed by atoms with Gasteiger partial charge in [0, 0.05) is 26.6 Å². The lowest BCUT2D eigenvalue weighted by Crippen LogP contribution is -2.25. The number of rotatable bonds is 5. The molecular formula is C11H14N2O2. The Morgan fingerprint density at radius 1 is 1.33 bits per heavy atom. The second kappa shape index (κ2) is 6.12. The second-order valence-corrected chi connectivity index (χ2v) is 3.13. The summed E-state index contributed by atoms with van der Waals surface area (Å²) in [6, 6.07) is 5.95. The molecule has 0 spiro atoms. The molecule has 0 amide bonds. The van der Waals surface area contributed by atoms with Gasteiger partial charge in [-0.15, -0.1) is 0 Å². The van der Waals surface area contributed by atoms with Crippen molar-refractivity contribution >= 4 is 0 Å². The Hall–Kier alpha value is -1.44. The standard InChI is InChI=1S/C11H14N2O2/c1-14-11(15-2)10(8-12)7-9-3-5-13-6-4-9/h3-6,10-11H,7H2,1-2H3. The summed E-state index contributed by atoms with van der Waals surface area (Å²) >= 11 is 0. The van der Waals surface area contributed by atoms with E-state index in [0.717, 1.165) is 5.56 Å². The Labute approximate surface area is 89.5 Å². The van der Waals surface area contributed by atoms with Crippen molar-refractivity contribution < 1.29 is 9.47 Å². The van der Waals surface area contributed by atoms with Gasteiger partial charge >= 0.3 is 0 Å². The van der Waals surface area contributed by atoms with Gasteiger partial charge in [-0.3, -0.25) is 4.98 Å². The number of nitrogens with zero attached hydrogens (tertiary/aromatic N) is 2. The highest BCUT2D eigenvalue weighted by atomic mass is 16.7. The quantitative estimate of drug-likeness (QED) is 0.683. The number of aromatic nitrogens is 1. The zero-order valence-corrected chi connectivity index (χ0v) is 8.88. The normalized spacial score (nSPS) is 12.4. The maximum atomic E-state index is 8.99. The highest BCUT2D eigenvalue weighted by molar-refractivity contribution is 5.12. The van der Waals surface area contributed by atoms with Crippen molar-refractivity contribution in [2.24, 2.45) is 5.92 Å². The van der Waals surface area contributed by atoms with E-state index in [-0.39, 0.29) is 5.92 Å². The van der Waals surface area contributed by atoms with E-state index >= 15 is 0 Å². The topological polar surface area (TPSA) is 55.1 Å². The van der Waals surface area contributed by atoms with Crippen molar-refractivity contribution in [1.29, 1.82) is 5.26 Å². The van der Waals surface area contributed by atoms with Gasteiger partial charge in [-0.2, -0.15) is 5.26 Å². The molecule has 1 aromatic rings. The Morgan fingerprint density at radius 3 is 2.40 bits per heavy atom. The van der Waals surface area contributed by atoms with Gasteiger partial charge in [0.25, 0.3) is 0 Å². The first-order valence-corrected chi connectivity index (χ1v) is 4.66. The Morgan fingerprint density at radius 2 is 1.93 bits per heavy atom. The fraction of sp³-hybridized carbons (Fsp3) is 0.455. The summed E-state index contributed by atoms with van der Waals surface area (Å²) in [5.74, 6) is -0.303. The van der Waals surface area contributed by atoms with Crippen molar-refractivity contribution in [1.82, 2.24) is 4.98 Å². The minimum Gasteiger partial charge on any atom is -0.354 e. The van der Waals surface area contributed by atoms with Crippen LogP contribution in [-0.2, 0) is 15.9 Å². The molecule has 1 heterocycles. The summed E-state index contributed by atoms with van der Waals surface area (Å²) in [7, 11) is 3.07. The van der Waals surface area contributed by atoms with E-state index in [1.165, 1.54) is 14.2 Å². The third kappa shape index (κ3) is 3.31. The molecule has 1 unspecified atom stereocenters. The average Bonchev–Trinajstić information content (AvgIpc) is 2.30. The Bertz CT molecular complexity index is 317. The number of pyridine rings is 1. The number of hydrogen-bond donors (Lipinski definition) is 0. The smallest absolute Gasteiger partial charge is 0.172 e. The van der Waals surface area contributed by atoms with E-state index in [2.05, 4.69) is 11.1 Å². The van der Waals surface area contributed by atoms with E-state index in [4.69, 9.17) is 14.7 Å². The number of methoxy groups -OCH3 is 2. The molecule has 0 radical (unpaired) electrons. The molecule has 80 valence electrons. The van der Waals surface area contributed by atoms with Crippen LogP contribution in [0.25, 0.3) is 0 Å². The maximum absolute atomic E-state index is 8.99. The minimum absolute atomic E-state index is 0.303. The van der Waals surface area contributed by atoms with E-state index in [9.17, 15) is 0 Å². The Kier molecular flexibility index (Phi) is 4.75. The molecule has 4 heteroatoms. The summed E-state index contributed by atoms with van der Waals surface area (Å²) in [5, 5.41) is 8.99. The summed E-state index contributed by atoms with van der Waals surface area (Å²) < 4.78 is 10.1. The van der Waals surface area contributed by atoms with Crippen LogP contribution >= 0.6 is 0 Å². The van der Waals surface area contributed by atoms with Gasteiger partial charge in [-0.25, -0.2) is 0 Å². The molecule has 0 aliphatic rings. The molecule has 1 atom stereocenters. The molecule has 0 aromatic carbocycles. The largest absolute Gasteiger partial charge is 0.354 e. The lowest BCUT2D eigenvalue weighted by atomic mass is 10.0. The van der Waals surface area contributed by atoms with Crippen LogP contribution in [0.15, 0.2) is 24.5 Å². The van der Waals surface area contributed by atoms with Crippen molar-refractivity contribution in [3.8, 4) is 6.07 Å². The highest BCUT2D eigenvalue weighted by Gasteiger charge is 2.20. The molecule has 0 saturated carbocycles. The molecule has 0 aliphatic heterocycles. The fourth-order valence-electron chi connectivity index (χ4n) is 1.40. The third-order valence-corrected chi connectivity index (χ3v) is 2.16. The molecule has 15 heavy (non-hydrogen) atoms. The molecule has 0 N–H and O–H groups in total. The van der Waals surface area contributed by atoms with E-state index in [0.29, 0.717) is 6.42 Å². The first-order valence-electron chi connectivity index (χ1n) is 4.66. The zero-order chi connectivity index (χ0) is 11.1. The van der Waals surface area contributed by atoms with Crippen LogP contribution < -0.4 is 0 Å². The fourth-order valence-corrected chi connectivity index (χ4v) is 1.40. The number of hydrogen-bond acceptors (Lipinski definition) is 4. The monoisotopic (exact) mass is 206 g/mol. The van der Waals surface area contributed by atoms with Crippen molar-refractivity contribution in [3.63, 3.8) is 0 Å². The molecule has 4 nitrogen and oxygen atoms in total. The molecule has 0 aliphatic carbocycles. The third-order valence-electron chi connectivity index (χ3n) is 2.16. The van der Waals surface area contributed by atoms with Crippen molar-refractivity contribution in [3.05, 3.63) is 30.1 Å². The van der Waals surface area contributed by atoms with Crippen LogP contribution in [0.3, 0.4) is 0 Å². The van der Waals surface area contributed by atoms with Crippen molar-refractivity contribution in [2.75, 3.05) is 14.2 Å². The van der Waals surface area contributed by atoms with E-state index in [1.54, 1.807) is 12.4 Å². The van der Waals surface area contributed by atoms with Crippen LogP contribution in [0.5, 0.6) is 0 Å². The van der Waals surface area contributed by atoms with Gasteiger partial charge in [-0.1, -0.05) is 0 Å². The molecular weight excluding hydrogens is 192 g/mol. The van der Waals surface area contributed by atoms with Gasteiger partial charge in [0.15, 0.2) is 6.29 Å². The van der Waals surface area contributed by atoms with Crippen LogP contribution in [-0.4, -0.2) is 25.5 Å². The van der Waals surface area contributed by atoms with E-state index in [1.807, 2.05) is 12.1 Å². The van der Waals surface area contributed by atoms with Crippen LogP contribution in [0.1, 0.15) is 5.56 Å². The highest BCUT2D eigenvalue weighted by Crippen LogP contribution is 2.14. The number of ether oxygens (including phenoxy) is 2. The first kappa shape index (κ1) is 11.6. The lowest BCUT2D eigenvalue weighted by molar-refractivity contribution is -0.124. The van der Waals surface area contributed by atoms with Crippen LogP contribution in [0, 0.1) is 17.2 Å². The molecule has 0 fully saturated rings. The van der Waals surface area contributed by atoms with Gasteiger partial charge < -0.3 is 9.47 Å². The van der Waals surface area contributed by atoms with Gasteiger partial charge in [0.2, 0.25) is 0 Å². The van der Waals surface area contributed by atoms with Gasteiger partial charge in [0.1, 0.15) is 5.92 Å². The summed E-state index contributed by atoms with van der Waals surface area (Å²) in [5.41, 5.74) is 1.05. The minimum atomic E-state index is -0.483. The van der Waals surface area contributed by atoms with Gasteiger partial charge in [0.05, 0.1) is 6.07 Å². The second-order valence-electron chi connectivity index (χ2n) is 3.13. The summed E-state index contributed by atoms with van der Waals surface area (Å²) in [4.78, 5) is 3.92. The molecule has 1 rings (SSSR count). The predicted molar refractivity (Wildman–Crippen MR) is 54.9 cm³/mol. The Balaban J connectivity index is 2.66.